The second-order valence-corrected chi connectivity index (χ2v) is 5.82. The van der Waals surface area contributed by atoms with Gasteiger partial charge in [0.05, 0.1) is 13.2 Å². The van der Waals surface area contributed by atoms with E-state index in [-0.39, 0.29) is 0 Å². The molecule has 0 aromatic heterocycles. The largest absolute Gasteiger partial charge is 0.497 e. The standard InChI is InChI=1S/C17H21NO2S/c1-20-15-9-7-14(8-10-15)17(19)13-18-11-12-21-16-5-3-2-4-6-16/h2-10,17-19H,11-13H2,1H3. The fraction of sp³-hybridized carbons (Fsp3) is 0.294. The van der Waals surface area contributed by atoms with Crippen molar-refractivity contribution in [2.45, 2.75) is 11.0 Å². The Balaban J connectivity index is 1.65. The number of hydrogen-bond acceptors (Lipinski definition) is 4. The molecule has 2 aromatic rings. The molecule has 0 aliphatic heterocycles. The van der Waals surface area contributed by atoms with Crippen molar-refractivity contribution in [1.82, 2.24) is 5.32 Å². The van der Waals surface area contributed by atoms with Crippen molar-refractivity contribution >= 4 is 11.8 Å². The van der Waals surface area contributed by atoms with E-state index in [0.717, 1.165) is 23.6 Å². The number of ether oxygens (including phenoxy) is 1. The summed E-state index contributed by atoms with van der Waals surface area (Å²) in [6, 6.07) is 17.8. The maximum Gasteiger partial charge on any atom is 0.118 e. The molecule has 1 atom stereocenters. The molecule has 0 aliphatic rings. The number of aliphatic hydroxyl groups excluding tert-OH is 1. The first-order chi connectivity index (χ1) is 10.3. The minimum absolute atomic E-state index is 0.488. The van der Waals surface area contributed by atoms with Crippen LogP contribution in [0.15, 0.2) is 59.5 Å². The maximum atomic E-state index is 10.1. The van der Waals surface area contributed by atoms with Crippen molar-refractivity contribution in [2.24, 2.45) is 0 Å². The van der Waals surface area contributed by atoms with Gasteiger partial charge in [0.15, 0.2) is 0 Å². The minimum Gasteiger partial charge on any atom is -0.497 e. The zero-order chi connectivity index (χ0) is 14.9. The average molecular weight is 303 g/mol. The van der Waals surface area contributed by atoms with Crippen LogP contribution < -0.4 is 10.1 Å². The van der Waals surface area contributed by atoms with E-state index in [9.17, 15) is 5.11 Å². The zero-order valence-corrected chi connectivity index (χ0v) is 13.0. The second kappa shape index (κ2) is 8.72. The normalized spacial score (nSPS) is 12.1. The number of aliphatic hydroxyl groups is 1. The van der Waals surface area contributed by atoms with Crippen molar-refractivity contribution in [3.8, 4) is 5.75 Å². The smallest absolute Gasteiger partial charge is 0.118 e. The highest BCUT2D eigenvalue weighted by atomic mass is 32.2. The van der Waals surface area contributed by atoms with Crippen LogP contribution in [0.4, 0.5) is 0 Å². The number of benzene rings is 2. The number of methoxy groups -OCH3 is 1. The lowest BCUT2D eigenvalue weighted by Gasteiger charge is -2.12. The molecule has 0 fully saturated rings. The van der Waals surface area contributed by atoms with Gasteiger partial charge in [0, 0.05) is 23.7 Å². The van der Waals surface area contributed by atoms with E-state index >= 15 is 0 Å². The lowest BCUT2D eigenvalue weighted by atomic mass is 10.1. The predicted molar refractivity (Wildman–Crippen MR) is 88.0 cm³/mol. The van der Waals surface area contributed by atoms with E-state index in [4.69, 9.17) is 4.74 Å². The highest BCUT2D eigenvalue weighted by molar-refractivity contribution is 7.99. The molecule has 0 saturated heterocycles. The van der Waals surface area contributed by atoms with E-state index < -0.39 is 6.10 Å². The van der Waals surface area contributed by atoms with Crippen molar-refractivity contribution in [2.75, 3.05) is 26.0 Å². The summed E-state index contributed by atoms with van der Waals surface area (Å²) >= 11 is 1.81. The third-order valence-electron chi connectivity index (χ3n) is 3.13. The van der Waals surface area contributed by atoms with Gasteiger partial charge in [-0.25, -0.2) is 0 Å². The molecule has 0 spiro atoms. The van der Waals surface area contributed by atoms with Crippen LogP contribution in [-0.4, -0.2) is 31.1 Å². The van der Waals surface area contributed by atoms with Gasteiger partial charge in [-0.2, -0.15) is 0 Å². The van der Waals surface area contributed by atoms with Crippen molar-refractivity contribution < 1.29 is 9.84 Å². The summed E-state index contributed by atoms with van der Waals surface area (Å²) in [4.78, 5) is 1.27. The van der Waals surface area contributed by atoms with Gasteiger partial charge in [0.25, 0.3) is 0 Å². The van der Waals surface area contributed by atoms with Crippen molar-refractivity contribution in [3.05, 3.63) is 60.2 Å². The van der Waals surface area contributed by atoms with E-state index in [0.29, 0.717) is 6.54 Å². The van der Waals surface area contributed by atoms with Gasteiger partial charge in [0.2, 0.25) is 0 Å². The summed E-state index contributed by atoms with van der Waals surface area (Å²) < 4.78 is 5.10. The Labute approximate surface area is 130 Å². The monoisotopic (exact) mass is 303 g/mol. The van der Waals surface area contributed by atoms with E-state index in [1.165, 1.54) is 4.90 Å². The van der Waals surface area contributed by atoms with Crippen LogP contribution in [0.3, 0.4) is 0 Å². The molecule has 21 heavy (non-hydrogen) atoms. The van der Waals surface area contributed by atoms with Crippen LogP contribution in [-0.2, 0) is 0 Å². The molecular formula is C17H21NO2S. The Bertz CT molecular complexity index is 516. The Morgan fingerprint density at radius 2 is 1.81 bits per heavy atom. The number of nitrogens with one attached hydrogen (secondary N) is 1. The SMILES string of the molecule is COc1ccc(C(O)CNCCSc2ccccc2)cc1. The van der Waals surface area contributed by atoms with Gasteiger partial charge in [-0.3, -0.25) is 0 Å². The van der Waals surface area contributed by atoms with Gasteiger partial charge in [-0.1, -0.05) is 30.3 Å². The molecular weight excluding hydrogens is 282 g/mol. The predicted octanol–water partition coefficient (Wildman–Crippen LogP) is 3.11. The van der Waals surface area contributed by atoms with Crippen LogP contribution in [0.1, 0.15) is 11.7 Å². The first kappa shape index (κ1) is 15.9. The molecule has 112 valence electrons. The van der Waals surface area contributed by atoms with Crippen LogP contribution >= 0.6 is 11.8 Å². The number of hydrogen-bond donors (Lipinski definition) is 2. The molecule has 0 radical (unpaired) electrons. The molecule has 2 rings (SSSR count). The topological polar surface area (TPSA) is 41.5 Å². The maximum absolute atomic E-state index is 10.1. The Morgan fingerprint density at radius 1 is 1.10 bits per heavy atom. The van der Waals surface area contributed by atoms with Gasteiger partial charge in [-0.05, 0) is 29.8 Å². The minimum atomic E-state index is -0.488. The van der Waals surface area contributed by atoms with Crippen LogP contribution in [0.5, 0.6) is 5.75 Å². The zero-order valence-electron chi connectivity index (χ0n) is 12.2. The van der Waals surface area contributed by atoms with Gasteiger partial charge in [-0.15, -0.1) is 11.8 Å². The molecule has 3 nitrogen and oxygen atoms in total. The molecule has 1 unspecified atom stereocenters. The van der Waals surface area contributed by atoms with E-state index in [1.54, 1.807) is 7.11 Å². The Morgan fingerprint density at radius 3 is 2.48 bits per heavy atom. The molecule has 0 aliphatic carbocycles. The van der Waals surface area contributed by atoms with Gasteiger partial charge < -0.3 is 15.2 Å². The summed E-state index contributed by atoms with van der Waals surface area (Å²) in [6.45, 7) is 1.43. The number of rotatable bonds is 8. The molecule has 2 aromatic carbocycles. The first-order valence-electron chi connectivity index (χ1n) is 7.00. The van der Waals surface area contributed by atoms with Crippen molar-refractivity contribution in [1.29, 1.82) is 0 Å². The molecule has 2 N–H and O–H groups in total. The molecule has 0 amide bonds. The molecule has 0 heterocycles. The molecule has 0 bridgehead atoms. The Hall–Kier alpha value is -1.49. The Kier molecular flexibility index (Phi) is 6.60. The van der Waals surface area contributed by atoms with Crippen LogP contribution in [0.25, 0.3) is 0 Å². The van der Waals surface area contributed by atoms with Crippen molar-refractivity contribution in [3.63, 3.8) is 0 Å². The van der Waals surface area contributed by atoms with Crippen LogP contribution in [0.2, 0.25) is 0 Å². The molecule has 0 saturated carbocycles. The highest BCUT2D eigenvalue weighted by Crippen LogP contribution is 2.18. The van der Waals surface area contributed by atoms with E-state index in [1.807, 2.05) is 54.2 Å². The fourth-order valence-corrected chi connectivity index (χ4v) is 2.77. The van der Waals surface area contributed by atoms with Crippen LogP contribution in [0, 0.1) is 0 Å². The highest BCUT2D eigenvalue weighted by Gasteiger charge is 2.06. The van der Waals surface area contributed by atoms with E-state index in [2.05, 4.69) is 17.4 Å². The third kappa shape index (κ3) is 5.42. The summed E-state index contributed by atoms with van der Waals surface area (Å²) in [5.41, 5.74) is 0.902. The van der Waals surface area contributed by atoms with Gasteiger partial charge >= 0.3 is 0 Å². The summed E-state index contributed by atoms with van der Waals surface area (Å²) in [7, 11) is 1.64. The quantitative estimate of drug-likeness (QED) is 0.581. The third-order valence-corrected chi connectivity index (χ3v) is 4.14. The first-order valence-corrected chi connectivity index (χ1v) is 7.99. The lowest BCUT2D eigenvalue weighted by Crippen LogP contribution is -2.23. The summed E-state index contributed by atoms with van der Waals surface area (Å²) in [5.74, 6) is 1.79. The average Bonchev–Trinajstić information content (AvgIpc) is 2.55. The fourth-order valence-electron chi connectivity index (χ4n) is 1.94. The molecule has 4 heteroatoms. The number of thioether (sulfide) groups is 1. The summed E-state index contributed by atoms with van der Waals surface area (Å²) in [6.07, 6.45) is -0.488. The van der Waals surface area contributed by atoms with Gasteiger partial charge in [0.1, 0.15) is 5.75 Å². The lowest BCUT2D eigenvalue weighted by molar-refractivity contribution is 0.175. The summed E-state index contributed by atoms with van der Waals surface area (Å²) in [5, 5.41) is 13.4. The second-order valence-electron chi connectivity index (χ2n) is 4.65.